The molecule has 0 unspecified atom stereocenters. The molecular weight excluding hydrogens is 310 g/mol. The molecule has 0 saturated heterocycles. The van der Waals surface area contributed by atoms with Crippen molar-refractivity contribution >= 4 is 11.8 Å². The Labute approximate surface area is 140 Å². The number of hydrogen-bond acceptors (Lipinski definition) is 5. The fraction of sp³-hybridized carbons (Fsp3) is 0.294. The summed E-state index contributed by atoms with van der Waals surface area (Å²) in [5.41, 5.74) is 7.31. The number of aliphatic hydroxyl groups excluding tert-OH is 1. The summed E-state index contributed by atoms with van der Waals surface area (Å²) in [6.07, 6.45) is 3.04. The van der Waals surface area contributed by atoms with Crippen molar-refractivity contribution in [2.24, 2.45) is 5.73 Å². The maximum Gasteiger partial charge on any atom is 0.267 e. The highest BCUT2D eigenvalue weighted by Gasteiger charge is 2.33. The fourth-order valence-corrected chi connectivity index (χ4v) is 1.81. The Morgan fingerprint density at radius 3 is 2.46 bits per heavy atom. The van der Waals surface area contributed by atoms with E-state index in [4.69, 9.17) is 16.0 Å². The molecule has 0 radical (unpaired) electrons. The van der Waals surface area contributed by atoms with E-state index in [1.807, 2.05) is 0 Å². The van der Waals surface area contributed by atoms with Gasteiger partial charge in [0.15, 0.2) is 0 Å². The summed E-state index contributed by atoms with van der Waals surface area (Å²) in [4.78, 5) is 23.9. The SMILES string of the molecule is CC(C)(N)[C@H](NC(=O)c1ccc(C#C/C=C/CO)cc1)C(=O)NO. The van der Waals surface area contributed by atoms with Gasteiger partial charge >= 0.3 is 0 Å². The monoisotopic (exact) mass is 331 g/mol. The first-order chi connectivity index (χ1) is 11.3. The number of amides is 2. The maximum atomic E-state index is 12.2. The normalized spacial score (nSPS) is 12.2. The smallest absolute Gasteiger partial charge is 0.267 e. The van der Waals surface area contributed by atoms with E-state index in [1.165, 1.54) is 17.6 Å². The van der Waals surface area contributed by atoms with Gasteiger partial charge in [0.2, 0.25) is 0 Å². The van der Waals surface area contributed by atoms with E-state index in [2.05, 4.69) is 17.2 Å². The predicted octanol–water partition coefficient (Wildman–Crippen LogP) is -0.0723. The van der Waals surface area contributed by atoms with E-state index < -0.39 is 23.4 Å². The van der Waals surface area contributed by atoms with Gasteiger partial charge in [0.05, 0.1) is 6.61 Å². The summed E-state index contributed by atoms with van der Waals surface area (Å²) in [5, 5.41) is 19.9. The second-order valence-corrected chi connectivity index (χ2v) is 5.64. The van der Waals surface area contributed by atoms with Crippen LogP contribution in [0.25, 0.3) is 0 Å². The van der Waals surface area contributed by atoms with Crippen LogP contribution in [0, 0.1) is 11.8 Å². The second kappa shape index (κ2) is 8.84. The van der Waals surface area contributed by atoms with Crippen LogP contribution in [0.15, 0.2) is 36.4 Å². The number of carbonyl (C=O) groups excluding carboxylic acids is 2. The van der Waals surface area contributed by atoms with E-state index in [0.29, 0.717) is 11.1 Å². The molecular formula is C17H21N3O4. The molecule has 6 N–H and O–H groups in total. The van der Waals surface area contributed by atoms with Crippen LogP contribution in [0.2, 0.25) is 0 Å². The molecule has 2 amide bonds. The number of allylic oxidation sites excluding steroid dienone is 1. The molecule has 0 aliphatic heterocycles. The Bertz CT molecular complexity index is 664. The minimum Gasteiger partial charge on any atom is -0.392 e. The minimum atomic E-state index is -1.10. The Morgan fingerprint density at radius 2 is 1.96 bits per heavy atom. The molecule has 7 heteroatoms. The third kappa shape index (κ3) is 5.85. The Balaban J connectivity index is 2.85. The molecule has 7 nitrogen and oxygen atoms in total. The van der Waals surface area contributed by atoms with Crippen molar-refractivity contribution in [2.45, 2.75) is 25.4 Å². The first kappa shape index (κ1) is 19.4. The first-order valence-electron chi connectivity index (χ1n) is 7.20. The number of rotatable bonds is 5. The standard InChI is InChI=1S/C17H21N3O4/c1-17(2,18)14(16(23)20-24)19-15(22)13-9-7-12(8-10-13)6-4-3-5-11-21/h3,5,7-10,14,21,24H,11,18H2,1-2H3,(H,19,22)(H,20,23)/b5-3+/t14-/m1/s1. The quantitative estimate of drug-likeness (QED) is 0.293. The molecule has 0 aliphatic rings. The zero-order valence-electron chi connectivity index (χ0n) is 13.5. The number of benzene rings is 1. The van der Waals surface area contributed by atoms with Crippen LogP contribution in [0.4, 0.5) is 0 Å². The van der Waals surface area contributed by atoms with Gasteiger partial charge in [-0.3, -0.25) is 14.8 Å². The zero-order chi connectivity index (χ0) is 18.2. The molecule has 0 aliphatic carbocycles. The Kier molecular flexibility index (Phi) is 7.14. The van der Waals surface area contributed by atoms with Crippen LogP contribution in [-0.4, -0.2) is 40.3 Å². The van der Waals surface area contributed by atoms with Crippen molar-refractivity contribution < 1.29 is 19.9 Å². The van der Waals surface area contributed by atoms with Crippen LogP contribution >= 0.6 is 0 Å². The summed E-state index contributed by atoms with van der Waals surface area (Å²) in [6, 6.07) is 5.34. The van der Waals surface area contributed by atoms with Gasteiger partial charge in [-0.1, -0.05) is 17.9 Å². The van der Waals surface area contributed by atoms with Crippen molar-refractivity contribution in [1.29, 1.82) is 0 Å². The number of hydroxylamine groups is 1. The lowest BCUT2D eigenvalue weighted by molar-refractivity contribution is -0.132. The van der Waals surface area contributed by atoms with Gasteiger partial charge in [-0.25, -0.2) is 5.48 Å². The third-order valence-corrected chi connectivity index (χ3v) is 3.06. The van der Waals surface area contributed by atoms with Crippen molar-refractivity contribution in [1.82, 2.24) is 10.8 Å². The van der Waals surface area contributed by atoms with Gasteiger partial charge in [0.25, 0.3) is 11.8 Å². The van der Waals surface area contributed by atoms with Gasteiger partial charge in [-0.15, -0.1) is 0 Å². The average molecular weight is 331 g/mol. The second-order valence-electron chi connectivity index (χ2n) is 5.64. The largest absolute Gasteiger partial charge is 0.392 e. The minimum absolute atomic E-state index is 0.0755. The lowest BCUT2D eigenvalue weighted by atomic mass is 9.95. The predicted molar refractivity (Wildman–Crippen MR) is 89.0 cm³/mol. The Hall–Kier alpha value is -2.66. The third-order valence-electron chi connectivity index (χ3n) is 3.06. The molecule has 0 spiro atoms. The van der Waals surface area contributed by atoms with Crippen LogP contribution in [0.1, 0.15) is 29.8 Å². The number of nitrogens with two attached hydrogens (primary N) is 1. The Morgan fingerprint density at radius 1 is 1.33 bits per heavy atom. The first-order valence-corrected chi connectivity index (χ1v) is 7.20. The summed E-state index contributed by atoms with van der Waals surface area (Å²) >= 11 is 0. The number of aliphatic hydroxyl groups is 1. The molecule has 128 valence electrons. The molecule has 1 atom stereocenters. The van der Waals surface area contributed by atoms with Gasteiger partial charge in [-0.05, 0) is 44.2 Å². The van der Waals surface area contributed by atoms with Crippen LogP contribution in [-0.2, 0) is 4.79 Å². The molecule has 24 heavy (non-hydrogen) atoms. The average Bonchev–Trinajstić information content (AvgIpc) is 2.55. The van der Waals surface area contributed by atoms with Gasteiger partial charge in [-0.2, -0.15) is 0 Å². The van der Waals surface area contributed by atoms with E-state index in [1.54, 1.807) is 38.1 Å². The highest BCUT2D eigenvalue weighted by molar-refractivity contribution is 5.97. The molecule has 0 aromatic heterocycles. The molecule has 0 saturated carbocycles. The molecule has 1 aromatic carbocycles. The maximum absolute atomic E-state index is 12.2. The molecule has 1 rings (SSSR count). The highest BCUT2D eigenvalue weighted by Crippen LogP contribution is 2.08. The van der Waals surface area contributed by atoms with E-state index in [-0.39, 0.29) is 6.61 Å². The molecule has 1 aromatic rings. The number of hydrogen-bond donors (Lipinski definition) is 5. The summed E-state index contributed by atoms with van der Waals surface area (Å²) < 4.78 is 0. The zero-order valence-corrected chi connectivity index (χ0v) is 13.5. The van der Waals surface area contributed by atoms with Crippen LogP contribution in [0.5, 0.6) is 0 Å². The van der Waals surface area contributed by atoms with Crippen molar-refractivity contribution in [2.75, 3.05) is 6.61 Å². The summed E-state index contributed by atoms with van der Waals surface area (Å²) in [6.45, 7) is 3.05. The number of carbonyl (C=O) groups is 2. The summed E-state index contributed by atoms with van der Waals surface area (Å²) in [7, 11) is 0. The van der Waals surface area contributed by atoms with Gasteiger partial charge in [0, 0.05) is 16.7 Å². The topological polar surface area (TPSA) is 125 Å². The fourth-order valence-electron chi connectivity index (χ4n) is 1.81. The lowest BCUT2D eigenvalue weighted by Gasteiger charge is -2.29. The van der Waals surface area contributed by atoms with Crippen molar-refractivity contribution in [3.05, 3.63) is 47.5 Å². The van der Waals surface area contributed by atoms with E-state index in [9.17, 15) is 9.59 Å². The lowest BCUT2D eigenvalue weighted by Crippen LogP contribution is -2.61. The highest BCUT2D eigenvalue weighted by atomic mass is 16.5. The summed E-state index contributed by atoms with van der Waals surface area (Å²) in [5.74, 6) is 4.28. The van der Waals surface area contributed by atoms with E-state index >= 15 is 0 Å². The molecule has 0 bridgehead atoms. The van der Waals surface area contributed by atoms with Gasteiger partial charge < -0.3 is 16.2 Å². The van der Waals surface area contributed by atoms with Crippen molar-refractivity contribution in [3.8, 4) is 11.8 Å². The van der Waals surface area contributed by atoms with Crippen LogP contribution in [0.3, 0.4) is 0 Å². The van der Waals surface area contributed by atoms with Crippen LogP contribution < -0.4 is 16.5 Å². The number of nitrogens with one attached hydrogen (secondary N) is 2. The molecule has 0 fully saturated rings. The van der Waals surface area contributed by atoms with E-state index in [0.717, 1.165) is 0 Å². The van der Waals surface area contributed by atoms with Gasteiger partial charge in [0.1, 0.15) is 6.04 Å². The molecule has 0 heterocycles. The van der Waals surface area contributed by atoms with Crippen molar-refractivity contribution in [3.63, 3.8) is 0 Å².